The van der Waals surface area contributed by atoms with Gasteiger partial charge in [-0.2, -0.15) is 13.2 Å². The number of thioether (sulfide) groups is 1. The molecule has 0 saturated carbocycles. The molecule has 14 heteroatoms. The summed E-state index contributed by atoms with van der Waals surface area (Å²) in [6, 6.07) is 16.5. The van der Waals surface area contributed by atoms with E-state index in [1.165, 1.54) is 7.11 Å². The molecule has 2 amide bonds. The van der Waals surface area contributed by atoms with E-state index in [0.29, 0.717) is 40.3 Å². The lowest BCUT2D eigenvalue weighted by Crippen LogP contribution is -2.25. The van der Waals surface area contributed by atoms with Gasteiger partial charge in [-0.1, -0.05) is 35.5 Å². The molecule has 2 N–H and O–H groups in total. The minimum atomic E-state index is -4.59. The molecule has 0 spiro atoms. The van der Waals surface area contributed by atoms with Crippen LogP contribution in [0.25, 0.3) is 5.69 Å². The molecule has 0 atom stereocenters. The first kappa shape index (κ1) is 30.7. The van der Waals surface area contributed by atoms with Crippen LogP contribution in [0.4, 0.5) is 18.9 Å². The molecule has 1 heterocycles. The topological polar surface area (TPSA) is 107 Å². The van der Waals surface area contributed by atoms with E-state index in [9.17, 15) is 22.8 Å². The molecule has 9 nitrogen and oxygen atoms in total. The fourth-order valence-corrected chi connectivity index (χ4v) is 4.76. The molecule has 0 aliphatic rings. The number of halogens is 4. The summed E-state index contributed by atoms with van der Waals surface area (Å²) in [4.78, 5) is 25.6. The third kappa shape index (κ3) is 7.53. The van der Waals surface area contributed by atoms with Crippen molar-refractivity contribution < 1.29 is 32.2 Å². The van der Waals surface area contributed by atoms with Crippen molar-refractivity contribution >= 4 is 40.9 Å². The van der Waals surface area contributed by atoms with Crippen molar-refractivity contribution in [2.75, 3.05) is 24.8 Å². The third-order valence-electron chi connectivity index (χ3n) is 5.77. The zero-order valence-electron chi connectivity index (χ0n) is 22.4. The van der Waals surface area contributed by atoms with Crippen LogP contribution < -0.4 is 20.1 Å². The van der Waals surface area contributed by atoms with Gasteiger partial charge in [-0.05, 0) is 61.5 Å². The number of carbonyl (C=O) groups is 2. The predicted molar refractivity (Wildman–Crippen MR) is 152 cm³/mol. The highest BCUT2D eigenvalue weighted by atomic mass is 35.5. The molecule has 42 heavy (non-hydrogen) atoms. The fourth-order valence-electron chi connectivity index (χ4n) is 3.83. The lowest BCUT2D eigenvalue weighted by Gasteiger charge is -2.13. The Labute approximate surface area is 248 Å². The maximum Gasteiger partial charge on any atom is 0.416 e. The maximum absolute atomic E-state index is 13.1. The number of alkyl halides is 3. The number of anilines is 1. The number of amides is 2. The summed E-state index contributed by atoms with van der Waals surface area (Å²) in [6.07, 6.45) is -4.59. The van der Waals surface area contributed by atoms with Crippen molar-refractivity contribution in [2.45, 2.75) is 24.8 Å². The van der Waals surface area contributed by atoms with Crippen LogP contribution in [-0.4, -0.2) is 46.0 Å². The van der Waals surface area contributed by atoms with E-state index < -0.39 is 17.6 Å². The third-order valence-corrected chi connectivity index (χ3v) is 7.02. The number of nitrogens with zero attached hydrogens (tertiary/aromatic N) is 3. The summed E-state index contributed by atoms with van der Waals surface area (Å²) in [7, 11) is 1.47. The van der Waals surface area contributed by atoms with Gasteiger partial charge in [-0.15, -0.1) is 10.2 Å². The summed E-state index contributed by atoms with van der Waals surface area (Å²) in [5, 5.41) is 13.9. The van der Waals surface area contributed by atoms with Crippen molar-refractivity contribution in [1.82, 2.24) is 20.1 Å². The quantitative estimate of drug-likeness (QED) is 0.198. The second-order valence-electron chi connectivity index (χ2n) is 8.57. The molecule has 4 rings (SSSR count). The standard InChI is InChI=1S/C28H25ClF3N5O4S/c1-3-41-19-11-9-18(10-12-19)37-24(15-33-26(39)20-6-4-5-7-23(20)40-2)35-36-27(37)42-16-25(38)34-22-14-17(28(30,31)32)8-13-21(22)29/h4-14H,3,15-16H2,1-2H3,(H,33,39)(H,34,38). The molecular weight excluding hydrogens is 595 g/mol. The van der Waals surface area contributed by atoms with Crippen LogP contribution in [-0.2, 0) is 17.5 Å². The van der Waals surface area contributed by atoms with E-state index in [1.807, 2.05) is 6.92 Å². The summed E-state index contributed by atoms with van der Waals surface area (Å²) in [5.41, 5.74) is -0.129. The number of para-hydroxylation sites is 1. The average molecular weight is 620 g/mol. The van der Waals surface area contributed by atoms with E-state index >= 15 is 0 Å². The molecular formula is C28H25ClF3N5O4S. The number of carbonyl (C=O) groups excluding carboxylic acids is 2. The number of rotatable bonds is 11. The molecule has 0 fully saturated rings. The van der Waals surface area contributed by atoms with Gasteiger partial charge in [0.1, 0.15) is 11.5 Å². The summed E-state index contributed by atoms with van der Waals surface area (Å²) in [5.74, 6) is 0.216. The van der Waals surface area contributed by atoms with Crippen LogP contribution in [0.3, 0.4) is 0 Å². The number of hydrogen-bond acceptors (Lipinski definition) is 7. The van der Waals surface area contributed by atoms with Crippen molar-refractivity contribution in [2.24, 2.45) is 0 Å². The molecule has 3 aromatic carbocycles. The van der Waals surface area contributed by atoms with Crippen LogP contribution >= 0.6 is 23.4 Å². The number of ether oxygens (including phenoxy) is 2. The summed E-state index contributed by atoms with van der Waals surface area (Å²) >= 11 is 7.01. The number of hydrogen-bond donors (Lipinski definition) is 2. The zero-order valence-corrected chi connectivity index (χ0v) is 23.9. The first-order chi connectivity index (χ1) is 20.1. The molecule has 0 radical (unpaired) electrons. The second kappa shape index (κ2) is 13.6. The molecule has 0 aliphatic heterocycles. The highest BCUT2D eigenvalue weighted by Crippen LogP contribution is 2.34. The molecule has 0 aliphatic carbocycles. The smallest absolute Gasteiger partial charge is 0.416 e. The van der Waals surface area contributed by atoms with Crippen molar-refractivity contribution in [3.8, 4) is 17.2 Å². The molecule has 0 bridgehead atoms. The van der Waals surface area contributed by atoms with Crippen molar-refractivity contribution in [3.05, 3.63) is 88.7 Å². The van der Waals surface area contributed by atoms with Crippen LogP contribution in [0, 0.1) is 0 Å². The Kier molecular flexibility index (Phi) is 9.96. The first-order valence-electron chi connectivity index (χ1n) is 12.5. The Morgan fingerprint density at radius 3 is 2.48 bits per heavy atom. The van der Waals surface area contributed by atoms with Gasteiger partial charge < -0.3 is 20.1 Å². The van der Waals surface area contributed by atoms with Crippen LogP contribution in [0.1, 0.15) is 28.7 Å². The average Bonchev–Trinajstić information content (AvgIpc) is 3.38. The van der Waals surface area contributed by atoms with Gasteiger partial charge in [0.25, 0.3) is 5.91 Å². The van der Waals surface area contributed by atoms with Crippen LogP contribution in [0.5, 0.6) is 11.5 Å². The molecule has 220 valence electrons. The lowest BCUT2D eigenvalue weighted by molar-refractivity contribution is -0.137. The predicted octanol–water partition coefficient (Wildman–Crippen LogP) is 6.01. The minimum Gasteiger partial charge on any atom is -0.496 e. The largest absolute Gasteiger partial charge is 0.496 e. The number of nitrogens with one attached hydrogen (secondary N) is 2. The van der Waals surface area contributed by atoms with E-state index in [0.717, 1.165) is 30.0 Å². The van der Waals surface area contributed by atoms with E-state index in [2.05, 4.69) is 20.8 Å². The van der Waals surface area contributed by atoms with E-state index in [1.54, 1.807) is 53.1 Å². The van der Waals surface area contributed by atoms with Crippen LogP contribution in [0.2, 0.25) is 5.02 Å². The number of benzene rings is 3. The second-order valence-corrected chi connectivity index (χ2v) is 9.92. The Morgan fingerprint density at radius 2 is 1.79 bits per heavy atom. The molecule has 1 aromatic heterocycles. The van der Waals surface area contributed by atoms with Gasteiger partial charge >= 0.3 is 6.18 Å². The SMILES string of the molecule is CCOc1ccc(-n2c(CNC(=O)c3ccccc3OC)nnc2SCC(=O)Nc2cc(C(F)(F)F)ccc2Cl)cc1. The van der Waals surface area contributed by atoms with Gasteiger partial charge in [-0.25, -0.2) is 0 Å². The van der Waals surface area contributed by atoms with E-state index in [-0.39, 0.29) is 28.9 Å². The molecule has 4 aromatic rings. The monoisotopic (exact) mass is 619 g/mol. The zero-order chi connectivity index (χ0) is 30.3. The normalized spacial score (nSPS) is 11.2. The Morgan fingerprint density at radius 1 is 1.05 bits per heavy atom. The highest BCUT2D eigenvalue weighted by Gasteiger charge is 2.31. The first-order valence-corrected chi connectivity index (χ1v) is 13.8. The van der Waals surface area contributed by atoms with Crippen LogP contribution in [0.15, 0.2) is 71.9 Å². The van der Waals surface area contributed by atoms with Crippen molar-refractivity contribution in [3.63, 3.8) is 0 Å². The van der Waals surface area contributed by atoms with Gasteiger partial charge in [0.15, 0.2) is 11.0 Å². The molecule has 0 saturated heterocycles. The highest BCUT2D eigenvalue weighted by molar-refractivity contribution is 7.99. The summed E-state index contributed by atoms with van der Waals surface area (Å²) < 4.78 is 51.8. The number of methoxy groups -OCH3 is 1. The van der Waals surface area contributed by atoms with Gasteiger partial charge in [0.2, 0.25) is 5.91 Å². The Bertz CT molecular complexity index is 1560. The maximum atomic E-state index is 13.1. The Hall–Kier alpha value is -4.23. The van der Waals surface area contributed by atoms with Gasteiger partial charge in [0, 0.05) is 5.69 Å². The number of aromatic nitrogens is 3. The minimum absolute atomic E-state index is 0.0102. The lowest BCUT2D eigenvalue weighted by atomic mass is 10.2. The molecule has 0 unspecified atom stereocenters. The van der Waals surface area contributed by atoms with Crippen molar-refractivity contribution in [1.29, 1.82) is 0 Å². The Balaban J connectivity index is 1.54. The fraction of sp³-hybridized carbons (Fsp3) is 0.214. The van der Waals surface area contributed by atoms with E-state index in [4.69, 9.17) is 21.1 Å². The van der Waals surface area contributed by atoms with Gasteiger partial charge in [0.05, 0.1) is 47.9 Å². The van der Waals surface area contributed by atoms with Gasteiger partial charge in [-0.3, -0.25) is 14.2 Å². The summed E-state index contributed by atoms with van der Waals surface area (Å²) in [6.45, 7) is 2.34.